The molecule has 3 rings (SSSR count). The van der Waals surface area contributed by atoms with Crippen LogP contribution in [0.2, 0.25) is 0 Å². The fraction of sp³-hybridized carbons (Fsp3) is 0.238. The molecule has 6 heteroatoms. The highest BCUT2D eigenvalue weighted by Crippen LogP contribution is 2.16. The summed E-state index contributed by atoms with van der Waals surface area (Å²) in [5.41, 5.74) is 2.28. The molecular formula is C21H22FN3O2. The summed E-state index contributed by atoms with van der Waals surface area (Å²) in [4.78, 5) is 12.6. The summed E-state index contributed by atoms with van der Waals surface area (Å²) >= 11 is 0. The van der Waals surface area contributed by atoms with Crippen LogP contribution in [0.1, 0.15) is 24.5 Å². The maximum atomic E-state index is 13.0. The molecule has 27 heavy (non-hydrogen) atoms. The van der Waals surface area contributed by atoms with Gasteiger partial charge in [0.05, 0.1) is 12.7 Å². The van der Waals surface area contributed by atoms with Crippen molar-refractivity contribution in [3.63, 3.8) is 0 Å². The summed E-state index contributed by atoms with van der Waals surface area (Å²) < 4.78 is 20.4. The molecule has 0 unspecified atom stereocenters. The highest BCUT2D eigenvalue weighted by Gasteiger charge is 2.20. The molecule has 0 saturated heterocycles. The Labute approximate surface area is 157 Å². The SMILES string of the molecule is CC[C@@H](Oc1ccc(F)cc1)C(=O)Nc1ccnn1Cc1ccc(C)cc1. The monoisotopic (exact) mass is 367 g/mol. The molecule has 0 saturated carbocycles. The minimum atomic E-state index is -0.682. The van der Waals surface area contributed by atoms with Gasteiger partial charge in [0.15, 0.2) is 6.10 Å². The Morgan fingerprint density at radius 2 is 1.85 bits per heavy atom. The van der Waals surface area contributed by atoms with Gasteiger partial charge >= 0.3 is 0 Å². The number of hydrogen-bond acceptors (Lipinski definition) is 3. The molecule has 3 aromatic rings. The number of halogens is 1. The highest BCUT2D eigenvalue weighted by atomic mass is 19.1. The first-order chi connectivity index (χ1) is 13.0. The second kappa shape index (κ2) is 8.49. The van der Waals surface area contributed by atoms with E-state index in [1.54, 1.807) is 16.9 Å². The van der Waals surface area contributed by atoms with Crippen molar-refractivity contribution in [1.82, 2.24) is 9.78 Å². The maximum Gasteiger partial charge on any atom is 0.266 e. The molecule has 1 atom stereocenters. The Bertz CT molecular complexity index is 889. The van der Waals surface area contributed by atoms with Gasteiger partial charge in [-0.2, -0.15) is 5.10 Å². The number of aromatic nitrogens is 2. The minimum Gasteiger partial charge on any atom is -0.481 e. The molecule has 0 fully saturated rings. The third-order valence-corrected chi connectivity index (χ3v) is 4.18. The molecule has 5 nitrogen and oxygen atoms in total. The van der Waals surface area contributed by atoms with Crippen molar-refractivity contribution in [3.05, 3.63) is 77.7 Å². The second-order valence-electron chi connectivity index (χ2n) is 6.32. The summed E-state index contributed by atoms with van der Waals surface area (Å²) in [7, 11) is 0. The van der Waals surface area contributed by atoms with Crippen molar-refractivity contribution in [1.29, 1.82) is 0 Å². The lowest BCUT2D eigenvalue weighted by Crippen LogP contribution is -2.33. The average molecular weight is 367 g/mol. The number of hydrogen-bond donors (Lipinski definition) is 1. The van der Waals surface area contributed by atoms with Gasteiger partial charge in [0, 0.05) is 6.07 Å². The first kappa shape index (κ1) is 18.6. The van der Waals surface area contributed by atoms with Gasteiger partial charge in [-0.1, -0.05) is 36.8 Å². The summed E-state index contributed by atoms with van der Waals surface area (Å²) in [5.74, 6) is 0.431. The number of carbonyl (C=O) groups is 1. The van der Waals surface area contributed by atoms with Gasteiger partial charge in [-0.3, -0.25) is 4.79 Å². The number of nitrogens with one attached hydrogen (secondary N) is 1. The van der Waals surface area contributed by atoms with Crippen LogP contribution in [0, 0.1) is 12.7 Å². The van der Waals surface area contributed by atoms with Crippen LogP contribution in [0.5, 0.6) is 5.75 Å². The van der Waals surface area contributed by atoms with E-state index in [-0.39, 0.29) is 11.7 Å². The van der Waals surface area contributed by atoms with E-state index in [0.29, 0.717) is 24.5 Å². The summed E-state index contributed by atoms with van der Waals surface area (Å²) in [6.45, 7) is 4.45. The van der Waals surface area contributed by atoms with Gasteiger partial charge in [0.25, 0.3) is 5.91 Å². The molecule has 1 heterocycles. The Kier molecular flexibility index (Phi) is 5.86. The zero-order valence-electron chi connectivity index (χ0n) is 15.4. The van der Waals surface area contributed by atoms with Crippen LogP contribution >= 0.6 is 0 Å². The number of benzene rings is 2. The molecule has 1 N–H and O–H groups in total. The molecule has 0 aliphatic carbocycles. The average Bonchev–Trinajstić information content (AvgIpc) is 3.09. The molecule has 1 amide bonds. The number of ether oxygens (including phenoxy) is 1. The number of nitrogens with zero attached hydrogens (tertiary/aromatic N) is 2. The van der Waals surface area contributed by atoms with Gasteiger partial charge in [-0.25, -0.2) is 9.07 Å². The lowest BCUT2D eigenvalue weighted by molar-refractivity contribution is -0.122. The van der Waals surface area contributed by atoms with Gasteiger partial charge in [0.1, 0.15) is 17.4 Å². The summed E-state index contributed by atoms with van der Waals surface area (Å²) in [5, 5.41) is 7.15. The van der Waals surface area contributed by atoms with Crippen LogP contribution in [-0.4, -0.2) is 21.8 Å². The van der Waals surface area contributed by atoms with Gasteiger partial charge in [-0.05, 0) is 43.2 Å². The quantitative estimate of drug-likeness (QED) is 0.682. The molecule has 0 bridgehead atoms. The van der Waals surface area contributed by atoms with E-state index in [1.165, 1.54) is 29.8 Å². The van der Waals surface area contributed by atoms with E-state index in [4.69, 9.17) is 4.74 Å². The first-order valence-corrected chi connectivity index (χ1v) is 8.85. The third kappa shape index (κ3) is 4.94. The van der Waals surface area contributed by atoms with Crippen LogP contribution in [0.4, 0.5) is 10.2 Å². The van der Waals surface area contributed by atoms with Crippen molar-refractivity contribution in [2.45, 2.75) is 32.9 Å². The molecule has 0 radical (unpaired) electrons. The van der Waals surface area contributed by atoms with Crippen molar-refractivity contribution < 1.29 is 13.9 Å². The number of amides is 1. The summed E-state index contributed by atoms with van der Waals surface area (Å²) in [6, 6.07) is 15.5. The molecule has 0 aliphatic heterocycles. The first-order valence-electron chi connectivity index (χ1n) is 8.85. The third-order valence-electron chi connectivity index (χ3n) is 4.18. The predicted octanol–water partition coefficient (Wildman–Crippen LogP) is 4.18. The van der Waals surface area contributed by atoms with Crippen LogP contribution in [0.25, 0.3) is 0 Å². The smallest absolute Gasteiger partial charge is 0.266 e. The lowest BCUT2D eigenvalue weighted by Gasteiger charge is -2.18. The fourth-order valence-electron chi connectivity index (χ4n) is 2.64. The zero-order chi connectivity index (χ0) is 19.2. The summed E-state index contributed by atoms with van der Waals surface area (Å²) in [6.07, 6.45) is 1.44. The van der Waals surface area contributed by atoms with E-state index in [1.807, 2.05) is 38.1 Å². The Hall–Kier alpha value is -3.15. The fourth-order valence-corrected chi connectivity index (χ4v) is 2.64. The van der Waals surface area contributed by atoms with E-state index in [2.05, 4.69) is 10.4 Å². The van der Waals surface area contributed by atoms with E-state index >= 15 is 0 Å². The number of rotatable bonds is 7. The molecular weight excluding hydrogens is 345 g/mol. The van der Waals surface area contributed by atoms with E-state index < -0.39 is 6.10 Å². The second-order valence-corrected chi connectivity index (χ2v) is 6.32. The van der Waals surface area contributed by atoms with Crippen LogP contribution in [0.15, 0.2) is 60.8 Å². The topological polar surface area (TPSA) is 56.1 Å². The lowest BCUT2D eigenvalue weighted by atomic mass is 10.1. The Morgan fingerprint density at radius 1 is 1.15 bits per heavy atom. The Morgan fingerprint density at radius 3 is 2.52 bits per heavy atom. The van der Waals surface area contributed by atoms with Crippen LogP contribution in [-0.2, 0) is 11.3 Å². The maximum absolute atomic E-state index is 13.0. The predicted molar refractivity (Wildman–Crippen MR) is 102 cm³/mol. The molecule has 2 aromatic carbocycles. The van der Waals surface area contributed by atoms with Crippen molar-refractivity contribution in [3.8, 4) is 5.75 Å². The molecule has 1 aromatic heterocycles. The number of anilines is 1. The van der Waals surface area contributed by atoms with Gasteiger partial charge in [-0.15, -0.1) is 0 Å². The number of carbonyl (C=O) groups excluding carboxylic acids is 1. The van der Waals surface area contributed by atoms with Crippen molar-refractivity contribution in [2.75, 3.05) is 5.32 Å². The molecule has 0 spiro atoms. The highest BCUT2D eigenvalue weighted by molar-refractivity contribution is 5.93. The standard InChI is InChI=1S/C21H22FN3O2/c1-3-19(27-18-10-8-17(22)9-11-18)21(26)24-20-12-13-23-25(20)14-16-6-4-15(2)5-7-16/h4-13,19H,3,14H2,1-2H3,(H,24,26)/t19-/m1/s1. The van der Waals surface area contributed by atoms with Crippen LogP contribution in [0.3, 0.4) is 0 Å². The van der Waals surface area contributed by atoms with Gasteiger partial charge < -0.3 is 10.1 Å². The molecule has 0 aliphatic rings. The molecule has 140 valence electrons. The van der Waals surface area contributed by atoms with Crippen molar-refractivity contribution in [2.24, 2.45) is 0 Å². The zero-order valence-corrected chi connectivity index (χ0v) is 15.4. The largest absolute Gasteiger partial charge is 0.481 e. The van der Waals surface area contributed by atoms with Crippen molar-refractivity contribution >= 4 is 11.7 Å². The normalized spacial score (nSPS) is 11.8. The van der Waals surface area contributed by atoms with E-state index in [0.717, 1.165) is 5.56 Å². The van der Waals surface area contributed by atoms with Gasteiger partial charge in [0.2, 0.25) is 0 Å². The Balaban J connectivity index is 1.67. The van der Waals surface area contributed by atoms with Crippen LogP contribution < -0.4 is 10.1 Å². The number of aryl methyl sites for hydroxylation is 1. The van der Waals surface area contributed by atoms with E-state index in [9.17, 15) is 9.18 Å². The minimum absolute atomic E-state index is 0.271.